The van der Waals surface area contributed by atoms with Gasteiger partial charge >= 0.3 is 11.9 Å². The quantitative estimate of drug-likeness (QED) is 0.621. The molecule has 4 heteroatoms. The largest absolute Gasteiger partial charge is 0.481 e. The highest BCUT2D eigenvalue weighted by molar-refractivity contribution is 5.71. The molecule has 0 fully saturated rings. The predicted molar refractivity (Wildman–Crippen MR) is 38.0 cm³/mol. The van der Waals surface area contributed by atoms with Crippen LogP contribution in [0.2, 0.25) is 0 Å². The van der Waals surface area contributed by atoms with Crippen LogP contribution in [-0.4, -0.2) is 22.2 Å². The lowest BCUT2D eigenvalue weighted by Crippen LogP contribution is -2.10. The first-order chi connectivity index (χ1) is 5.04. The summed E-state index contributed by atoms with van der Waals surface area (Å²) in [5, 5.41) is 16.5. The lowest BCUT2D eigenvalue weighted by Gasteiger charge is -2.02. The molecule has 0 aliphatic heterocycles. The van der Waals surface area contributed by atoms with E-state index in [0.29, 0.717) is 12.8 Å². The van der Waals surface area contributed by atoms with Gasteiger partial charge in [0.2, 0.25) is 0 Å². The molecule has 63 valence electrons. The Morgan fingerprint density at radius 2 is 1.91 bits per heavy atom. The molecule has 0 aromatic heterocycles. The van der Waals surface area contributed by atoms with Gasteiger partial charge in [-0.3, -0.25) is 9.59 Å². The highest BCUT2D eigenvalue weighted by Crippen LogP contribution is 2.06. The van der Waals surface area contributed by atoms with Crippen molar-refractivity contribution in [1.82, 2.24) is 0 Å². The molecule has 0 heterocycles. The minimum atomic E-state index is -0.976. The van der Waals surface area contributed by atoms with E-state index in [-0.39, 0.29) is 6.42 Å². The molecule has 11 heavy (non-hydrogen) atoms. The summed E-state index contributed by atoms with van der Waals surface area (Å²) in [6.45, 7) is 3.34. The smallest absolute Gasteiger partial charge is 0.306 e. The van der Waals surface area contributed by atoms with Gasteiger partial charge < -0.3 is 10.2 Å². The zero-order chi connectivity index (χ0) is 8.85. The van der Waals surface area contributed by atoms with Crippen molar-refractivity contribution in [3.8, 4) is 0 Å². The Labute approximate surface area is 64.8 Å². The average Bonchev–Trinajstić information content (AvgIpc) is 1.86. The number of carbonyl (C=O) groups is 2. The number of aliphatic carboxylic acids is 2. The Kier molecular flexibility index (Phi) is 4.26. The van der Waals surface area contributed by atoms with Crippen LogP contribution >= 0.6 is 0 Å². The Bertz CT molecular complexity index is 153. The first-order valence-corrected chi connectivity index (χ1v) is 3.31. The summed E-state index contributed by atoms with van der Waals surface area (Å²) in [5.41, 5.74) is 0. The minimum absolute atomic E-state index is 0.0132. The average molecular weight is 159 g/mol. The molecule has 0 aliphatic carbocycles. The Balaban J connectivity index is 3.39. The van der Waals surface area contributed by atoms with E-state index in [2.05, 4.69) is 6.92 Å². The lowest BCUT2D eigenvalue weighted by atomic mass is 10.1. The van der Waals surface area contributed by atoms with E-state index in [1.165, 1.54) is 0 Å². The topological polar surface area (TPSA) is 74.6 Å². The predicted octanol–water partition coefficient (Wildman–Crippen LogP) is 0.776. The normalized spacial score (nSPS) is 12.5. The van der Waals surface area contributed by atoms with E-state index in [9.17, 15) is 9.59 Å². The third-order valence-corrected chi connectivity index (χ3v) is 1.29. The van der Waals surface area contributed by atoms with Crippen LogP contribution in [0, 0.1) is 12.8 Å². The Morgan fingerprint density at radius 1 is 1.36 bits per heavy atom. The van der Waals surface area contributed by atoms with Gasteiger partial charge in [0.1, 0.15) is 0 Å². The van der Waals surface area contributed by atoms with Crippen LogP contribution in [0.4, 0.5) is 0 Å². The second kappa shape index (κ2) is 4.71. The van der Waals surface area contributed by atoms with Crippen molar-refractivity contribution in [3.05, 3.63) is 6.92 Å². The summed E-state index contributed by atoms with van der Waals surface area (Å²) < 4.78 is 0. The maximum atomic E-state index is 10.2. The molecule has 0 rings (SSSR count). The molecule has 0 saturated carbocycles. The van der Waals surface area contributed by atoms with E-state index >= 15 is 0 Å². The van der Waals surface area contributed by atoms with Crippen LogP contribution in [0.3, 0.4) is 0 Å². The van der Waals surface area contributed by atoms with Gasteiger partial charge in [0, 0.05) is 6.42 Å². The zero-order valence-electron chi connectivity index (χ0n) is 6.12. The molecule has 2 N–H and O–H groups in total. The van der Waals surface area contributed by atoms with Crippen molar-refractivity contribution in [2.45, 2.75) is 19.3 Å². The Hall–Kier alpha value is -1.06. The molecule has 0 aromatic carbocycles. The van der Waals surface area contributed by atoms with Gasteiger partial charge in [-0.05, 0) is 19.8 Å². The van der Waals surface area contributed by atoms with Gasteiger partial charge in [0.15, 0.2) is 0 Å². The molecule has 1 radical (unpaired) electrons. The van der Waals surface area contributed by atoms with Crippen molar-refractivity contribution in [1.29, 1.82) is 0 Å². The molecule has 1 unspecified atom stereocenters. The summed E-state index contributed by atoms with van der Waals surface area (Å²) in [6.07, 6.45) is 0.705. The number of hydrogen-bond donors (Lipinski definition) is 2. The number of hydrogen-bond acceptors (Lipinski definition) is 2. The number of rotatable bonds is 5. The third kappa shape index (κ3) is 5.39. The Morgan fingerprint density at radius 3 is 2.27 bits per heavy atom. The molecule has 0 spiro atoms. The fourth-order valence-electron chi connectivity index (χ4n) is 0.623. The highest BCUT2D eigenvalue weighted by Gasteiger charge is 2.10. The first-order valence-electron chi connectivity index (χ1n) is 3.31. The van der Waals surface area contributed by atoms with E-state index < -0.39 is 17.9 Å². The SMILES string of the molecule is [CH2]C(CCCC(=O)O)C(=O)O. The molecule has 4 nitrogen and oxygen atoms in total. The summed E-state index contributed by atoms with van der Waals surface area (Å²) in [4.78, 5) is 20.1. The summed E-state index contributed by atoms with van der Waals surface area (Å²) in [6, 6.07) is 0. The van der Waals surface area contributed by atoms with Gasteiger partial charge in [0.05, 0.1) is 5.92 Å². The lowest BCUT2D eigenvalue weighted by molar-refractivity contribution is -0.141. The second-order valence-electron chi connectivity index (χ2n) is 2.32. The van der Waals surface area contributed by atoms with Crippen LogP contribution < -0.4 is 0 Å². The van der Waals surface area contributed by atoms with Crippen molar-refractivity contribution >= 4 is 11.9 Å². The molecule has 0 bridgehead atoms. The van der Waals surface area contributed by atoms with E-state index in [0.717, 1.165) is 0 Å². The molecular formula is C7H11O4. The van der Waals surface area contributed by atoms with Crippen molar-refractivity contribution in [2.24, 2.45) is 5.92 Å². The van der Waals surface area contributed by atoms with Gasteiger partial charge in [0.25, 0.3) is 0 Å². The van der Waals surface area contributed by atoms with Gasteiger partial charge in [-0.2, -0.15) is 0 Å². The first kappa shape index (κ1) is 9.94. The van der Waals surface area contributed by atoms with Crippen LogP contribution in [0.5, 0.6) is 0 Å². The molecule has 0 saturated heterocycles. The molecular weight excluding hydrogens is 148 g/mol. The number of carboxylic acid groups (broad SMARTS) is 2. The van der Waals surface area contributed by atoms with Crippen LogP contribution in [0.15, 0.2) is 0 Å². The van der Waals surface area contributed by atoms with Gasteiger partial charge in [-0.15, -0.1) is 0 Å². The van der Waals surface area contributed by atoms with Crippen LogP contribution in [0.25, 0.3) is 0 Å². The van der Waals surface area contributed by atoms with Crippen molar-refractivity contribution < 1.29 is 19.8 Å². The third-order valence-electron chi connectivity index (χ3n) is 1.29. The molecule has 1 atom stereocenters. The maximum absolute atomic E-state index is 10.2. The van der Waals surface area contributed by atoms with Gasteiger partial charge in [-0.1, -0.05) is 0 Å². The minimum Gasteiger partial charge on any atom is -0.481 e. The maximum Gasteiger partial charge on any atom is 0.306 e. The van der Waals surface area contributed by atoms with Crippen molar-refractivity contribution in [3.63, 3.8) is 0 Å². The standard InChI is InChI=1S/C7H11O4/c1-5(7(10)11)3-2-4-6(8)9/h5H,1-4H2,(H,8,9)(H,10,11). The highest BCUT2D eigenvalue weighted by atomic mass is 16.4. The summed E-state index contributed by atoms with van der Waals surface area (Å²) >= 11 is 0. The zero-order valence-corrected chi connectivity index (χ0v) is 6.12. The van der Waals surface area contributed by atoms with E-state index in [1.54, 1.807) is 0 Å². The molecule has 0 aliphatic rings. The van der Waals surface area contributed by atoms with Crippen LogP contribution in [0.1, 0.15) is 19.3 Å². The number of carboxylic acids is 2. The van der Waals surface area contributed by atoms with Crippen molar-refractivity contribution in [2.75, 3.05) is 0 Å². The van der Waals surface area contributed by atoms with E-state index in [1.807, 2.05) is 0 Å². The molecule has 0 amide bonds. The van der Waals surface area contributed by atoms with Gasteiger partial charge in [-0.25, -0.2) is 0 Å². The summed E-state index contributed by atoms with van der Waals surface area (Å²) in [7, 11) is 0. The second-order valence-corrected chi connectivity index (χ2v) is 2.32. The van der Waals surface area contributed by atoms with E-state index in [4.69, 9.17) is 10.2 Å². The summed E-state index contributed by atoms with van der Waals surface area (Å²) in [5.74, 6) is -2.56. The fourth-order valence-corrected chi connectivity index (χ4v) is 0.623. The monoisotopic (exact) mass is 159 g/mol. The fraction of sp³-hybridized carbons (Fsp3) is 0.571. The van der Waals surface area contributed by atoms with Crippen LogP contribution in [-0.2, 0) is 9.59 Å². The molecule has 0 aromatic rings.